The monoisotopic (exact) mass is 1430 g/mol. The maximum absolute atomic E-state index is 4.77. The van der Waals surface area contributed by atoms with Crippen LogP contribution in [-0.2, 0) is 28.2 Å². The van der Waals surface area contributed by atoms with Crippen molar-refractivity contribution in [1.29, 1.82) is 0 Å². The first kappa shape index (κ1) is 85.4. The Bertz CT molecular complexity index is 5720. The van der Waals surface area contributed by atoms with Gasteiger partial charge in [0.2, 0.25) is 39.3 Å². The van der Waals surface area contributed by atoms with E-state index in [0.29, 0.717) is 0 Å². The molecule has 4 heterocycles. The van der Waals surface area contributed by atoms with Gasteiger partial charge in [0.1, 0.15) is 62.5 Å². The maximum Gasteiger partial charge on any atom is 0.246 e. The van der Waals surface area contributed by atoms with Crippen LogP contribution in [0.5, 0.6) is 0 Å². The molecule has 8 heteroatoms. The molecular formula is C100H118N8+4. The van der Waals surface area contributed by atoms with Crippen molar-refractivity contribution in [2.75, 3.05) is 0 Å². The largest absolute Gasteiger partial charge is 0.246 e. The minimum absolute atomic E-state index is 1.02. The summed E-state index contributed by atoms with van der Waals surface area (Å²) in [7, 11) is 8.35. The van der Waals surface area contributed by atoms with Gasteiger partial charge < -0.3 is 0 Å². The molecule has 0 amide bonds. The molecule has 0 saturated heterocycles. The van der Waals surface area contributed by atoms with E-state index in [0.717, 1.165) is 55.9 Å². The first-order chi connectivity index (χ1) is 52.9. The van der Waals surface area contributed by atoms with Crippen molar-refractivity contribution < 1.29 is 18.4 Å². The first-order valence-electron chi connectivity index (χ1n) is 39.3. The summed E-state index contributed by atoms with van der Waals surface area (Å²) in [4.78, 5) is 14.0. The number of hydrogen-bond acceptors (Lipinski definition) is 4. The molecule has 0 atom stereocenters. The van der Waals surface area contributed by atoms with Crippen molar-refractivity contribution in [2.45, 2.75) is 138 Å². The van der Waals surface area contributed by atoms with Crippen molar-refractivity contribution in [3.05, 3.63) is 302 Å². The number of aryl methyl sites for hydroxylation is 8. The molecule has 0 aliphatic rings. The number of fused-ring (bicyclic) bond motifs is 9. The second kappa shape index (κ2) is 43.2. The summed E-state index contributed by atoms with van der Waals surface area (Å²) in [5.41, 5.74) is 21.2. The number of aromatic nitrogens is 8. The lowest BCUT2D eigenvalue weighted by atomic mass is 9.94. The van der Waals surface area contributed by atoms with Gasteiger partial charge in [-0.2, -0.15) is 13.7 Å². The fourth-order valence-electron chi connectivity index (χ4n) is 13.2. The van der Waals surface area contributed by atoms with Crippen LogP contribution in [0.15, 0.2) is 280 Å². The summed E-state index contributed by atoms with van der Waals surface area (Å²) in [5, 5.41) is 19.6. The van der Waals surface area contributed by atoms with E-state index in [4.69, 9.17) is 4.98 Å². The van der Waals surface area contributed by atoms with Crippen LogP contribution in [0, 0.1) is 27.7 Å². The Labute approximate surface area is 645 Å². The van der Waals surface area contributed by atoms with Crippen LogP contribution in [0.1, 0.15) is 133 Å². The molecule has 17 aromatic rings. The zero-order valence-corrected chi connectivity index (χ0v) is 69.1. The Morgan fingerprint density at radius 1 is 0.231 bits per heavy atom. The number of rotatable bonds is 4. The molecule has 0 radical (unpaired) electrons. The van der Waals surface area contributed by atoms with Gasteiger partial charge in [-0.3, -0.25) is 0 Å². The highest BCUT2D eigenvalue weighted by Crippen LogP contribution is 2.35. The molecule has 0 aliphatic heterocycles. The standard InChI is InChI=1S/2C24H19N2.C20H17N2.C16H15N2.8C2H6/c1-16-21-10-6-5-7-17(21)11-12-22(16)24-23-14-19-9-4-3-8-18(19)13-20(23)15-25-26(24)2;1-16-20-10-6-5-7-17(20)11-12-21(16)24-15-25-22-13-18-8-3-4-9-19(18)14-23(22)26(24)2;1-14-7-3-6-10-17(14)20-13-21-18-11-15-8-4-5-9-16(15)12-19(18)22(20)2;1-12-7-3-4-8-13(12)16-11-17-14-9-5-6-10-15(14)18(16)2;8*1-2/h2*3-15H,1-2H3;3-13H,1-2H3;3-11H,1-2H3;8*1-2H3/q4*+1;;;;;;;;. The molecular weight excluding hydrogens is 1310 g/mol. The van der Waals surface area contributed by atoms with Gasteiger partial charge in [-0.05, 0) is 164 Å². The fourth-order valence-corrected chi connectivity index (χ4v) is 13.2. The van der Waals surface area contributed by atoms with E-state index in [2.05, 4.69) is 314 Å². The molecule has 0 unspecified atom stereocenters. The third-order valence-electron chi connectivity index (χ3n) is 18.3. The van der Waals surface area contributed by atoms with Crippen molar-refractivity contribution in [3.63, 3.8) is 0 Å². The average molecular weight is 1430 g/mol. The zero-order valence-electron chi connectivity index (χ0n) is 69.1. The second-order valence-electron chi connectivity index (χ2n) is 23.9. The smallest absolute Gasteiger partial charge is 0.243 e. The molecule has 0 spiro atoms. The van der Waals surface area contributed by atoms with E-state index in [1.807, 2.05) is 165 Å². The van der Waals surface area contributed by atoms with Crippen LogP contribution in [0.3, 0.4) is 0 Å². The average Bonchev–Trinajstić information content (AvgIpc) is 0.754. The molecule has 0 N–H and O–H groups in total. The second-order valence-corrected chi connectivity index (χ2v) is 23.9. The molecule has 8 nitrogen and oxygen atoms in total. The van der Waals surface area contributed by atoms with Crippen LogP contribution >= 0.6 is 0 Å². The molecule has 0 fully saturated rings. The van der Waals surface area contributed by atoms with Crippen LogP contribution < -0.4 is 18.4 Å². The van der Waals surface area contributed by atoms with E-state index < -0.39 is 0 Å². The lowest BCUT2D eigenvalue weighted by Gasteiger charge is -2.10. The van der Waals surface area contributed by atoms with Crippen LogP contribution in [0.4, 0.5) is 0 Å². The molecule has 0 saturated carbocycles. The van der Waals surface area contributed by atoms with Crippen LogP contribution in [-0.4, -0.2) is 20.1 Å². The third kappa shape index (κ3) is 19.4. The maximum atomic E-state index is 4.77. The van der Waals surface area contributed by atoms with Crippen LogP contribution in [0.2, 0.25) is 0 Å². The molecule has 17 rings (SSSR count). The third-order valence-corrected chi connectivity index (χ3v) is 18.3. The van der Waals surface area contributed by atoms with Gasteiger partial charge >= 0.3 is 0 Å². The Balaban J connectivity index is 0.000000213. The summed E-state index contributed by atoms with van der Waals surface area (Å²) in [5.74, 6) is 0. The number of para-hydroxylation sites is 2. The lowest BCUT2D eigenvalue weighted by Crippen LogP contribution is -2.35. The van der Waals surface area contributed by atoms with Crippen molar-refractivity contribution in [3.8, 4) is 45.0 Å². The Kier molecular flexibility index (Phi) is 34.2. The van der Waals surface area contributed by atoms with Gasteiger partial charge in [-0.25, -0.2) is 15.0 Å². The van der Waals surface area contributed by atoms with Gasteiger partial charge in [0.25, 0.3) is 0 Å². The lowest BCUT2D eigenvalue weighted by molar-refractivity contribution is -0.719. The number of benzene rings is 13. The SMILES string of the molecule is CC.CC.CC.CC.CC.CC.CC.CC.Cc1c(-c2c3cc4ccccc4cc3cn[n+]2C)ccc2ccccc12.Cc1c(-c2cnc3cc4ccccc4cc3[n+]2C)ccc2ccccc12.Cc1ccccc1-c1cnc2cc3ccccc3cc2[n+]1C.Cc1ccccc1-c1cnc2ccccc2[n+]1C. The fraction of sp³-hybridized carbons (Fsp3) is 0.240. The van der Waals surface area contributed by atoms with Gasteiger partial charge in [-0.15, -0.1) is 0 Å². The predicted molar refractivity (Wildman–Crippen MR) is 471 cm³/mol. The summed E-state index contributed by atoms with van der Waals surface area (Å²) in [6.07, 6.45) is 7.87. The van der Waals surface area contributed by atoms with Crippen molar-refractivity contribution in [1.82, 2.24) is 20.1 Å². The number of nitrogens with zero attached hydrogens (tertiary/aromatic N) is 8. The quantitative estimate of drug-likeness (QED) is 0.130. The van der Waals surface area contributed by atoms with Gasteiger partial charge in [0, 0.05) is 23.6 Å². The minimum atomic E-state index is 1.02. The molecule has 0 bridgehead atoms. The highest BCUT2D eigenvalue weighted by Gasteiger charge is 2.23. The van der Waals surface area contributed by atoms with Gasteiger partial charge in [0.15, 0.2) is 7.05 Å². The first-order valence-corrected chi connectivity index (χ1v) is 39.3. The number of hydrogen-bond donors (Lipinski definition) is 0. The normalized spacial score (nSPS) is 10.0. The molecule has 13 aromatic carbocycles. The topological polar surface area (TPSA) is 67.1 Å². The Hall–Kier alpha value is -11.5. The Morgan fingerprint density at radius 2 is 0.556 bits per heavy atom. The van der Waals surface area contributed by atoms with E-state index in [1.54, 1.807) is 0 Å². The minimum Gasteiger partial charge on any atom is -0.243 e. The van der Waals surface area contributed by atoms with Gasteiger partial charge in [-0.1, -0.05) is 297 Å². The van der Waals surface area contributed by atoms with E-state index in [1.165, 1.54) is 109 Å². The van der Waals surface area contributed by atoms with Crippen LogP contribution in [0.25, 0.3) is 143 Å². The van der Waals surface area contributed by atoms with E-state index in [9.17, 15) is 0 Å². The molecule has 554 valence electrons. The molecule has 0 aliphatic carbocycles. The summed E-state index contributed by atoms with van der Waals surface area (Å²) < 4.78 is 8.68. The van der Waals surface area contributed by atoms with Crippen molar-refractivity contribution in [2.24, 2.45) is 28.2 Å². The predicted octanol–water partition coefficient (Wildman–Crippen LogP) is 26.1. The zero-order chi connectivity index (χ0) is 79.0. The summed E-state index contributed by atoms with van der Waals surface area (Å²) in [6.45, 7) is 40.7. The summed E-state index contributed by atoms with van der Waals surface area (Å²) in [6, 6.07) is 89.7. The van der Waals surface area contributed by atoms with Crippen molar-refractivity contribution >= 4 is 97.7 Å². The van der Waals surface area contributed by atoms with E-state index >= 15 is 0 Å². The van der Waals surface area contributed by atoms with Gasteiger partial charge in [0.05, 0.1) is 27.6 Å². The molecule has 108 heavy (non-hydrogen) atoms. The van der Waals surface area contributed by atoms with E-state index in [-0.39, 0.29) is 0 Å². The summed E-state index contributed by atoms with van der Waals surface area (Å²) >= 11 is 0. The highest BCUT2D eigenvalue weighted by atomic mass is 15.2. The Morgan fingerprint density at radius 3 is 1.00 bits per heavy atom. The molecule has 4 aromatic heterocycles. The highest BCUT2D eigenvalue weighted by molar-refractivity contribution is 6.04.